The van der Waals surface area contributed by atoms with Gasteiger partial charge in [0.2, 0.25) is 0 Å². The monoisotopic (exact) mass is 287 g/mol. The number of hydrogen-bond acceptors (Lipinski definition) is 2. The Morgan fingerprint density at radius 1 is 1.56 bits per heavy atom. The smallest absolute Gasteiger partial charge is 0.138 e. The van der Waals surface area contributed by atoms with E-state index in [2.05, 4.69) is 21.2 Å². The van der Waals surface area contributed by atoms with Gasteiger partial charge in [-0.2, -0.15) is 0 Å². The van der Waals surface area contributed by atoms with Gasteiger partial charge in [-0.15, -0.1) is 0 Å². The van der Waals surface area contributed by atoms with Crippen LogP contribution >= 0.6 is 15.9 Å². The molecular formula is C12H15BrFNO. The van der Waals surface area contributed by atoms with Crippen LogP contribution in [-0.4, -0.2) is 13.7 Å². The number of nitrogens with one attached hydrogen (secondary N) is 1. The van der Waals surface area contributed by atoms with Gasteiger partial charge in [-0.05, 0) is 53.9 Å². The number of methoxy groups -OCH3 is 1. The highest BCUT2D eigenvalue weighted by Crippen LogP contribution is 2.39. The van der Waals surface area contributed by atoms with Crippen molar-refractivity contribution in [2.75, 3.05) is 13.7 Å². The second-order valence-corrected chi connectivity index (χ2v) is 4.88. The molecule has 0 saturated carbocycles. The Balaban J connectivity index is 2.54. The number of ether oxygens (including phenoxy) is 1. The minimum atomic E-state index is -0.220. The molecule has 88 valence electrons. The van der Waals surface area contributed by atoms with Crippen molar-refractivity contribution in [1.82, 2.24) is 5.32 Å². The molecule has 1 fully saturated rings. The van der Waals surface area contributed by atoms with Gasteiger partial charge in [0, 0.05) is 11.6 Å². The van der Waals surface area contributed by atoms with Gasteiger partial charge in [0.25, 0.3) is 0 Å². The second-order valence-electron chi connectivity index (χ2n) is 4.09. The zero-order valence-corrected chi connectivity index (χ0v) is 11.0. The Morgan fingerprint density at radius 2 is 2.31 bits per heavy atom. The van der Waals surface area contributed by atoms with Crippen LogP contribution in [0.1, 0.15) is 30.0 Å². The summed E-state index contributed by atoms with van der Waals surface area (Å²) in [6.07, 6.45) is 2.15. The summed E-state index contributed by atoms with van der Waals surface area (Å²) in [5, 5.41) is 3.37. The summed E-state index contributed by atoms with van der Waals surface area (Å²) in [6.45, 7) is 2.85. The largest absolute Gasteiger partial charge is 0.496 e. The SMILES string of the molecule is COc1c(C)cc(F)c(Br)c1C1CCCN1. The van der Waals surface area contributed by atoms with Crippen molar-refractivity contribution >= 4 is 15.9 Å². The first-order chi connectivity index (χ1) is 7.65. The molecular weight excluding hydrogens is 273 g/mol. The standard InChI is InChI=1S/C12H15BrFNO/c1-7-6-8(14)11(13)10(12(7)16-2)9-4-3-5-15-9/h6,9,15H,3-5H2,1-2H3. The zero-order chi connectivity index (χ0) is 11.7. The van der Waals surface area contributed by atoms with Gasteiger partial charge >= 0.3 is 0 Å². The van der Waals surface area contributed by atoms with E-state index in [1.807, 2.05) is 6.92 Å². The van der Waals surface area contributed by atoms with E-state index in [0.29, 0.717) is 4.47 Å². The van der Waals surface area contributed by atoms with Crippen LogP contribution in [0.25, 0.3) is 0 Å². The van der Waals surface area contributed by atoms with Gasteiger partial charge in [-0.1, -0.05) is 0 Å². The first-order valence-corrected chi connectivity index (χ1v) is 6.20. The van der Waals surface area contributed by atoms with Gasteiger partial charge in [-0.3, -0.25) is 0 Å². The molecule has 0 amide bonds. The van der Waals surface area contributed by atoms with E-state index in [4.69, 9.17) is 4.74 Å². The average Bonchev–Trinajstić information content (AvgIpc) is 2.76. The van der Waals surface area contributed by atoms with Crippen molar-refractivity contribution in [2.45, 2.75) is 25.8 Å². The molecule has 1 aromatic carbocycles. The third kappa shape index (κ3) is 1.96. The van der Waals surface area contributed by atoms with Crippen LogP contribution in [0.3, 0.4) is 0 Å². The number of hydrogen-bond donors (Lipinski definition) is 1. The Labute approximate surface area is 103 Å². The van der Waals surface area contributed by atoms with Crippen molar-refractivity contribution in [2.24, 2.45) is 0 Å². The summed E-state index contributed by atoms with van der Waals surface area (Å²) in [4.78, 5) is 0. The molecule has 0 bridgehead atoms. The fourth-order valence-electron chi connectivity index (χ4n) is 2.27. The zero-order valence-electron chi connectivity index (χ0n) is 9.44. The van der Waals surface area contributed by atoms with E-state index < -0.39 is 0 Å². The minimum Gasteiger partial charge on any atom is -0.496 e. The highest BCUT2D eigenvalue weighted by atomic mass is 79.9. The van der Waals surface area contributed by atoms with Crippen LogP contribution in [0.2, 0.25) is 0 Å². The molecule has 1 saturated heterocycles. The lowest BCUT2D eigenvalue weighted by Gasteiger charge is -2.19. The van der Waals surface area contributed by atoms with Crippen molar-refractivity contribution in [1.29, 1.82) is 0 Å². The predicted molar refractivity (Wildman–Crippen MR) is 65.4 cm³/mol. The van der Waals surface area contributed by atoms with Crippen LogP contribution in [-0.2, 0) is 0 Å². The molecule has 2 rings (SSSR count). The lowest BCUT2D eigenvalue weighted by Crippen LogP contribution is -2.15. The Hall–Kier alpha value is -0.610. The van der Waals surface area contributed by atoms with Crippen molar-refractivity contribution < 1.29 is 9.13 Å². The lowest BCUT2D eigenvalue weighted by molar-refractivity contribution is 0.397. The molecule has 16 heavy (non-hydrogen) atoms. The normalized spacial score (nSPS) is 20.1. The molecule has 0 aromatic heterocycles. The molecule has 1 unspecified atom stereocenters. The minimum absolute atomic E-state index is 0.193. The summed E-state index contributed by atoms with van der Waals surface area (Å²) in [7, 11) is 1.63. The van der Waals surface area contributed by atoms with Crippen molar-refractivity contribution in [3.05, 3.63) is 27.5 Å². The van der Waals surface area contributed by atoms with E-state index in [0.717, 1.165) is 36.3 Å². The maximum Gasteiger partial charge on any atom is 0.138 e. The fourth-order valence-corrected chi connectivity index (χ4v) is 2.84. The van der Waals surface area contributed by atoms with E-state index in [9.17, 15) is 4.39 Å². The second kappa shape index (κ2) is 4.72. The fraction of sp³-hybridized carbons (Fsp3) is 0.500. The molecule has 1 N–H and O–H groups in total. The molecule has 1 atom stereocenters. The van der Waals surface area contributed by atoms with Gasteiger partial charge in [0.1, 0.15) is 11.6 Å². The first-order valence-electron chi connectivity index (χ1n) is 5.41. The first kappa shape index (κ1) is 11.9. The van der Waals surface area contributed by atoms with Crippen LogP contribution in [0.5, 0.6) is 5.75 Å². The average molecular weight is 288 g/mol. The summed E-state index contributed by atoms with van der Waals surface area (Å²) in [6, 6.07) is 1.69. The lowest BCUT2D eigenvalue weighted by atomic mass is 10.0. The Morgan fingerprint density at radius 3 is 2.88 bits per heavy atom. The molecule has 2 nitrogen and oxygen atoms in total. The topological polar surface area (TPSA) is 21.3 Å². The molecule has 1 aliphatic heterocycles. The summed E-state index contributed by atoms with van der Waals surface area (Å²) >= 11 is 3.32. The maximum atomic E-state index is 13.7. The summed E-state index contributed by atoms with van der Waals surface area (Å²) < 4.78 is 19.6. The molecule has 0 aliphatic carbocycles. The van der Waals surface area contributed by atoms with Gasteiger partial charge < -0.3 is 10.1 Å². The number of benzene rings is 1. The molecule has 4 heteroatoms. The van der Waals surface area contributed by atoms with Crippen LogP contribution < -0.4 is 10.1 Å². The van der Waals surface area contributed by atoms with Crippen molar-refractivity contribution in [3.63, 3.8) is 0 Å². The number of aryl methyl sites for hydroxylation is 1. The highest BCUT2D eigenvalue weighted by Gasteiger charge is 2.25. The molecule has 0 spiro atoms. The third-order valence-electron chi connectivity index (χ3n) is 3.01. The van der Waals surface area contributed by atoms with E-state index in [-0.39, 0.29) is 11.9 Å². The molecule has 1 heterocycles. The number of halogens is 2. The molecule has 1 aliphatic rings. The third-order valence-corrected chi connectivity index (χ3v) is 3.81. The van der Waals surface area contributed by atoms with Crippen molar-refractivity contribution in [3.8, 4) is 5.75 Å². The Bertz CT molecular complexity index is 402. The quantitative estimate of drug-likeness (QED) is 0.901. The summed E-state index contributed by atoms with van der Waals surface area (Å²) in [5.41, 5.74) is 1.75. The Kier molecular flexibility index (Phi) is 3.50. The highest BCUT2D eigenvalue weighted by molar-refractivity contribution is 9.10. The summed E-state index contributed by atoms with van der Waals surface area (Å²) in [5.74, 6) is 0.565. The maximum absolute atomic E-state index is 13.7. The van der Waals surface area contributed by atoms with E-state index >= 15 is 0 Å². The number of rotatable bonds is 2. The van der Waals surface area contributed by atoms with Gasteiger partial charge in [0.15, 0.2) is 0 Å². The van der Waals surface area contributed by atoms with Crippen LogP contribution in [0.4, 0.5) is 4.39 Å². The van der Waals surface area contributed by atoms with Crippen LogP contribution in [0, 0.1) is 12.7 Å². The van der Waals surface area contributed by atoms with Gasteiger partial charge in [0.05, 0.1) is 11.6 Å². The van der Waals surface area contributed by atoms with Gasteiger partial charge in [-0.25, -0.2) is 4.39 Å². The predicted octanol–water partition coefficient (Wildman–Crippen LogP) is 3.33. The van der Waals surface area contributed by atoms with Crippen LogP contribution in [0.15, 0.2) is 10.5 Å². The van der Waals surface area contributed by atoms with E-state index in [1.165, 1.54) is 6.07 Å². The molecule has 1 aromatic rings. The molecule has 0 radical (unpaired) electrons. The van der Waals surface area contributed by atoms with E-state index in [1.54, 1.807) is 7.11 Å².